The van der Waals surface area contributed by atoms with E-state index in [0.717, 1.165) is 0 Å². The van der Waals surface area contributed by atoms with Crippen molar-refractivity contribution in [2.24, 2.45) is 0 Å². The molecule has 0 aliphatic rings. The number of esters is 1. The minimum absolute atomic E-state index is 0.0921. The third-order valence-corrected chi connectivity index (χ3v) is 0.982. The zero-order valence-electron chi connectivity index (χ0n) is 6.77. The van der Waals surface area contributed by atoms with Gasteiger partial charge in [-0.25, -0.2) is 0 Å². The first kappa shape index (κ1) is 9.76. The van der Waals surface area contributed by atoms with Crippen molar-refractivity contribution >= 4 is 17.6 Å². The molecule has 0 radical (unpaired) electrons. The zero-order chi connectivity index (χ0) is 8.36. The first-order chi connectivity index (χ1) is 4.34. The highest BCUT2D eigenvalue weighted by Crippen LogP contribution is 2.15. The quantitative estimate of drug-likeness (QED) is 0.461. The predicted molar refractivity (Wildman–Crippen MR) is 41.2 cm³/mol. The molecule has 2 nitrogen and oxygen atoms in total. The average molecular weight is 165 g/mol. The topological polar surface area (TPSA) is 26.3 Å². The van der Waals surface area contributed by atoms with Gasteiger partial charge >= 0.3 is 5.97 Å². The number of ether oxygens (including phenoxy) is 1. The summed E-state index contributed by atoms with van der Waals surface area (Å²) in [6, 6.07) is 0. The molecular formula is C7H13ClO2. The summed E-state index contributed by atoms with van der Waals surface area (Å²) in [6.07, 6.45) is -0.0921. The molecule has 0 aromatic rings. The van der Waals surface area contributed by atoms with E-state index in [1.807, 2.05) is 0 Å². The van der Waals surface area contributed by atoms with Crippen LogP contribution in [0.15, 0.2) is 0 Å². The molecule has 0 unspecified atom stereocenters. The van der Waals surface area contributed by atoms with Crippen LogP contribution in [0.3, 0.4) is 0 Å². The van der Waals surface area contributed by atoms with Crippen molar-refractivity contribution < 1.29 is 9.53 Å². The standard InChI is InChI=1S/C7H13ClO2/c1-5(2)10-6(9)7(3,4)8/h5H,1-4H3. The fourth-order valence-electron chi connectivity index (χ4n) is 0.354. The molecule has 0 rings (SSSR count). The Balaban J connectivity index is 3.87. The molecule has 3 heteroatoms. The molecule has 0 saturated heterocycles. The molecule has 10 heavy (non-hydrogen) atoms. The van der Waals surface area contributed by atoms with Crippen molar-refractivity contribution in [3.05, 3.63) is 0 Å². The van der Waals surface area contributed by atoms with Gasteiger partial charge in [-0.1, -0.05) is 0 Å². The third kappa shape index (κ3) is 3.72. The van der Waals surface area contributed by atoms with Crippen LogP contribution in [0.4, 0.5) is 0 Å². The maximum absolute atomic E-state index is 10.9. The number of hydrogen-bond acceptors (Lipinski definition) is 2. The van der Waals surface area contributed by atoms with Gasteiger partial charge in [0.1, 0.15) is 4.87 Å². The number of alkyl halides is 1. The Hall–Kier alpha value is -0.240. The molecule has 0 heterocycles. The maximum Gasteiger partial charge on any atom is 0.326 e. The van der Waals surface area contributed by atoms with Crippen LogP contribution in [0.25, 0.3) is 0 Å². The normalized spacial score (nSPS) is 11.8. The van der Waals surface area contributed by atoms with Gasteiger partial charge in [-0.3, -0.25) is 4.79 Å². The number of carbonyl (C=O) groups excluding carboxylic acids is 1. The fourth-order valence-corrected chi connectivity index (χ4v) is 0.399. The SMILES string of the molecule is CC(C)OC(=O)C(C)(C)Cl. The number of carbonyl (C=O) groups is 1. The van der Waals surface area contributed by atoms with Gasteiger partial charge in [0, 0.05) is 0 Å². The second-order valence-electron chi connectivity index (χ2n) is 2.93. The lowest BCUT2D eigenvalue weighted by molar-refractivity contribution is -0.149. The van der Waals surface area contributed by atoms with E-state index in [4.69, 9.17) is 16.3 Å². The average Bonchev–Trinajstić information content (AvgIpc) is 1.60. The number of rotatable bonds is 2. The first-order valence-electron chi connectivity index (χ1n) is 3.24. The Labute approximate surface area is 66.5 Å². The van der Waals surface area contributed by atoms with Crippen molar-refractivity contribution in [3.63, 3.8) is 0 Å². The molecule has 0 bridgehead atoms. The van der Waals surface area contributed by atoms with Gasteiger partial charge in [0.05, 0.1) is 6.10 Å². The van der Waals surface area contributed by atoms with Gasteiger partial charge in [-0.05, 0) is 27.7 Å². The highest BCUT2D eigenvalue weighted by molar-refractivity contribution is 6.33. The van der Waals surface area contributed by atoms with Crippen LogP contribution in [0.5, 0.6) is 0 Å². The van der Waals surface area contributed by atoms with Crippen molar-refractivity contribution in [2.45, 2.75) is 38.7 Å². The van der Waals surface area contributed by atoms with Crippen LogP contribution in [-0.2, 0) is 9.53 Å². The van der Waals surface area contributed by atoms with Crippen molar-refractivity contribution in [1.82, 2.24) is 0 Å². The summed E-state index contributed by atoms with van der Waals surface area (Å²) in [7, 11) is 0. The molecule has 0 saturated carbocycles. The summed E-state index contributed by atoms with van der Waals surface area (Å²) in [4.78, 5) is 10.0. The Bertz CT molecular complexity index is 124. The van der Waals surface area contributed by atoms with E-state index < -0.39 is 4.87 Å². The monoisotopic (exact) mass is 164 g/mol. The molecule has 60 valence electrons. The van der Waals surface area contributed by atoms with Gasteiger partial charge in [0.25, 0.3) is 0 Å². The van der Waals surface area contributed by atoms with Crippen molar-refractivity contribution in [1.29, 1.82) is 0 Å². The summed E-state index contributed by atoms with van der Waals surface area (Å²) < 4.78 is 4.84. The lowest BCUT2D eigenvalue weighted by Crippen LogP contribution is -2.29. The van der Waals surface area contributed by atoms with Crippen LogP contribution in [0.1, 0.15) is 27.7 Å². The minimum atomic E-state index is -0.899. The van der Waals surface area contributed by atoms with Gasteiger partial charge in [0.2, 0.25) is 0 Å². The summed E-state index contributed by atoms with van der Waals surface area (Å²) in [5.41, 5.74) is 0. The Kier molecular flexibility index (Phi) is 3.16. The van der Waals surface area contributed by atoms with E-state index >= 15 is 0 Å². The Morgan fingerprint density at radius 2 is 1.90 bits per heavy atom. The lowest BCUT2D eigenvalue weighted by Gasteiger charge is -2.16. The van der Waals surface area contributed by atoms with E-state index in [9.17, 15) is 4.79 Å². The number of hydrogen-bond donors (Lipinski definition) is 0. The van der Waals surface area contributed by atoms with Crippen LogP contribution in [0, 0.1) is 0 Å². The van der Waals surface area contributed by atoms with E-state index in [1.165, 1.54) is 0 Å². The third-order valence-electron chi connectivity index (χ3n) is 0.828. The summed E-state index contributed by atoms with van der Waals surface area (Å²) in [6.45, 7) is 6.81. The molecular weight excluding hydrogens is 152 g/mol. The summed E-state index contributed by atoms with van der Waals surface area (Å²) in [5, 5.41) is 0. The molecule has 0 aromatic heterocycles. The smallest absolute Gasteiger partial charge is 0.326 e. The van der Waals surface area contributed by atoms with Crippen LogP contribution in [0.2, 0.25) is 0 Å². The Morgan fingerprint density at radius 1 is 1.50 bits per heavy atom. The minimum Gasteiger partial charge on any atom is -0.462 e. The highest BCUT2D eigenvalue weighted by Gasteiger charge is 2.26. The molecule has 0 aliphatic carbocycles. The second kappa shape index (κ2) is 3.24. The van der Waals surface area contributed by atoms with Crippen molar-refractivity contribution in [3.8, 4) is 0 Å². The largest absolute Gasteiger partial charge is 0.462 e. The van der Waals surface area contributed by atoms with E-state index in [-0.39, 0.29) is 12.1 Å². The predicted octanol–water partition coefficient (Wildman–Crippen LogP) is 1.96. The molecule has 0 spiro atoms. The van der Waals surface area contributed by atoms with E-state index in [0.29, 0.717) is 0 Å². The van der Waals surface area contributed by atoms with Gasteiger partial charge in [-0.2, -0.15) is 0 Å². The highest BCUT2D eigenvalue weighted by atomic mass is 35.5. The molecule has 0 aromatic carbocycles. The maximum atomic E-state index is 10.9. The first-order valence-corrected chi connectivity index (χ1v) is 3.62. The van der Waals surface area contributed by atoms with Gasteiger partial charge in [-0.15, -0.1) is 11.6 Å². The molecule has 0 aliphatic heterocycles. The fraction of sp³-hybridized carbons (Fsp3) is 0.857. The summed E-state index contributed by atoms with van der Waals surface area (Å²) in [5.74, 6) is -0.371. The molecule has 0 fully saturated rings. The Morgan fingerprint density at radius 3 is 2.00 bits per heavy atom. The van der Waals surface area contributed by atoms with E-state index in [1.54, 1.807) is 27.7 Å². The molecule has 0 amide bonds. The van der Waals surface area contributed by atoms with Gasteiger partial charge < -0.3 is 4.74 Å². The van der Waals surface area contributed by atoms with Crippen LogP contribution < -0.4 is 0 Å². The lowest BCUT2D eigenvalue weighted by atomic mass is 10.2. The number of halogens is 1. The van der Waals surface area contributed by atoms with Crippen LogP contribution >= 0.6 is 11.6 Å². The van der Waals surface area contributed by atoms with Crippen molar-refractivity contribution in [2.75, 3.05) is 0 Å². The molecule has 0 atom stereocenters. The molecule has 0 N–H and O–H groups in total. The zero-order valence-corrected chi connectivity index (χ0v) is 7.53. The van der Waals surface area contributed by atoms with Crippen LogP contribution in [-0.4, -0.2) is 16.9 Å². The summed E-state index contributed by atoms with van der Waals surface area (Å²) >= 11 is 5.65. The van der Waals surface area contributed by atoms with Gasteiger partial charge in [0.15, 0.2) is 0 Å². The second-order valence-corrected chi connectivity index (χ2v) is 3.87. The van der Waals surface area contributed by atoms with E-state index in [2.05, 4.69) is 0 Å².